The van der Waals surface area contributed by atoms with Gasteiger partial charge in [0, 0.05) is 17.8 Å². The van der Waals surface area contributed by atoms with Gasteiger partial charge in [0.05, 0.1) is 11.8 Å². The van der Waals surface area contributed by atoms with Crippen LogP contribution < -0.4 is 5.73 Å². The number of H-pyrrole nitrogens is 1. The molecule has 0 spiro atoms. The maximum absolute atomic E-state index is 9.65. The first-order chi connectivity index (χ1) is 5.83. The number of nitrogens with two attached hydrogens (primary N) is 1. The van der Waals surface area contributed by atoms with Gasteiger partial charge >= 0.3 is 0 Å². The largest absolute Gasteiger partial charge is 0.388 e. The van der Waals surface area contributed by atoms with Crippen LogP contribution in [0.4, 0.5) is 0 Å². The van der Waals surface area contributed by atoms with Crippen LogP contribution in [0.15, 0.2) is 0 Å². The number of aliphatic hydroxyl groups is 1. The third-order valence-electron chi connectivity index (χ3n) is 2.39. The first kappa shape index (κ1) is 7.76. The number of aliphatic hydroxyl groups excluding tert-OH is 1. The maximum Gasteiger partial charge on any atom is 0.0826 e. The van der Waals surface area contributed by atoms with Crippen molar-refractivity contribution in [2.24, 2.45) is 5.73 Å². The highest BCUT2D eigenvalue weighted by atomic mass is 16.3. The third kappa shape index (κ3) is 1.04. The zero-order valence-electron chi connectivity index (χ0n) is 6.88. The Hall–Kier alpha value is -0.870. The van der Waals surface area contributed by atoms with Gasteiger partial charge in [-0.2, -0.15) is 5.10 Å². The van der Waals surface area contributed by atoms with Gasteiger partial charge < -0.3 is 10.8 Å². The number of nitrogens with one attached hydrogen (secondary N) is 1. The summed E-state index contributed by atoms with van der Waals surface area (Å²) in [5.74, 6) is 0. The second-order valence-corrected chi connectivity index (χ2v) is 3.17. The molecule has 4 nitrogen and oxygen atoms in total. The van der Waals surface area contributed by atoms with Crippen LogP contribution in [0.25, 0.3) is 0 Å². The molecule has 1 aliphatic carbocycles. The monoisotopic (exact) mass is 167 g/mol. The minimum absolute atomic E-state index is 0.356. The Kier molecular flexibility index (Phi) is 1.86. The molecular weight excluding hydrogens is 154 g/mol. The fraction of sp³-hybridized carbons (Fsp3) is 0.625. The van der Waals surface area contributed by atoms with Crippen LogP contribution in [-0.4, -0.2) is 15.3 Å². The van der Waals surface area contributed by atoms with E-state index in [0.717, 1.165) is 36.2 Å². The van der Waals surface area contributed by atoms with E-state index in [2.05, 4.69) is 10.2 Å². The van der Waals surface area contributed by atoms with E-state index in [9.17, 15) is 5.11 Å². The predicted octanol–water partition coefficient (Wildman–Crippen LogP) is 0.238. The molecule has 4 N–H and O–H groups in total. The van der Waals surface area contributed by atoms with Crippen molar-refractivity contribution in [3.05, 3.63) is 17.0 Å². The molecule has 0 aromatic carbocycles. The minimum atomic E-state index is -0.356. The van der Waals surface area contributed by atoms with Gasteiger partial charge in [-0.3, -0.25) is 5.10 Å². The Bertz CT molecular complexity index is 268. The topological polar surface area (TPSA) is 74.9 Å². The Morgan fingerprint density at radius 2 is 2.50 bits per heavy atom. The molecule has 0 aliphatic heterocycles. The Morgan fingerprint density at radius 3 is 3.25 bits per heavy atom. The van der Waals surface area contributed by atoms with Gasteiger partial charge in [-0.25, -0.2) is 0 Å². The smallest absolute Gasteiger partial charge is 0.0826 e. The lowest BCUT2D eigenvalue weighted by molar-refractivity contribution is 0.155. The van der Waals surface area contributed by atoms with E-state index in [1.807, 2.05) is 0 Å². The molecule has 0 amide bonds. The molecule has 0 bridgehead atoms. The molecule has 0 fully saturated rings. The van der Waals surface area contributed by atoms with Crippen LogP contribution in [-0.2, 0) is 13.0 Å². The third-order valence-corrected chi connectivity index (χ3v) is 2.39. The standard InChI is InChI=1S/C8H13N3O/c9-4-6-8-5(10-11-6)2-1-3-7(8)12/h7,12H,1-4,9H2,(H,10,11). The lowest BCUT2D eigenvalue weighted by atomic mass is 9.93. The summed E-state index contributed by atoms with van der Waals surface area (Å²) in [6.07, 6.45) is 2.49. The van der Waals surface area contributed by atoms with Crippen LogP contribution in [0.1, 0.15) is 35.9 Å². The van der Waals surface area contributed by atoms with Crippen molar-refractivity contribution in [2.75, 3.05) is 0 Å². The van der Waals surface area contributed by atoms with E-state index in [1.54, 1.807) is 0 Å². The maximum atomic E-state index is 9.65. The second-order valence-electron chi connectivity index (χ2n) is 3.17. The van der Waals surface area contributed by atoms with Crippen LogP contribution >= 0.6 is 0 Å². The number of rotatable bonds is 1. The molecule has 1 aliphatic rings. The van der Waals surface area contributed by atoms with E-state index in [0.29, 0.717) is 6.54 Å². The van der Waals surface area contributed by atoms with Gasteiger partial charge in [-0.1, -0.05) is 0 Å². The zero-order valence-corrected chi connectivity index (χ0v) is 6.88. The van der Waals surface area contributed by atoms with Gasteiger partial charge in [-0.05, 0) is 19.3 Å². The highest BCUT2D eigenvalue weighted by Crippen LogP contribution is 2.30. The van der Waals surface area contributed by atoms with Gasteiger partial charge in [-0.15, -0.1) is 0 Å². The van der Waals surface area contributed by atoms with Gasteiger partial charge in [0.15, 0.2) is 0 Å². The summed E-state index contributed by atoms with van der Waals surface area (Å²) in [7, 11) is 0. The van der Waals surface area contributed by atoms with Crippen molar-refractivity contribution in [2.45, 2.75) is 31.9 Å². The number of aromatic amines is 1. The van der Waals surface area contributed by atoms with Gasteiger partial charge in [0.25, 0.3) is 0 Å². The highest BCUT2D eigenvalue weighted by molar-refractivity contribution is 5.29. The molecule has 1 heterocycles. The number of hydrogen-bond donors (Lipinski definition) is 3. The lowest BCUT2D eigenvalue weighted by Crippen LogP contribution is -2.11. The molecule has 0 radical (unpaired) electrons. The van der Waals surface area contributed by atoms with E-state index in [1.165, 1.54) is 0 Å². The van der Waals surface area contributed by atoms with E-state index < -0.39 is 0 Å². The number of aromatic nitrogens is 2. The van der Waals surface area contributed by atoms with Crippen LogP contribution in [0.3, 0.4) is 0 Å². The van der Waals surface area contributed by atoms with Crippen molar-refractivity contribution >= 4 is 0 Å². The van der Waals surface area contributed by atoms with Crippen molar-refractivity contribution < 1.29 is 5.11 Å². The second kappa shape index (κ2) is 2.88. The summed E-state index contributed by atoms with van der Waals surface area (Å²) >= 11 is 0. The average molecular weight is 167 g/mol. The molecule has 12 heavy (non-hydrogen) atoms. The average Bonchev–Trinajstić information content (AvgIpc) is 2.49. The quantitative estimate of drug-likeness (QED) is 0.560. The van der Waals surface area contributed by atoms with Gasteiger partial charge in [0.1, 0.15) is 0 Å². The van der Waals surface area contributed by atoms with E-state index in [-0.39, 0.29) is 6.10 Å². The van der Waals surface area contributed by atoms with Crippen molar-refractivity contribution in [1.29, 1.82) is 0 Å². The van der Waals surface area contributed by atoms with Crippen molar-refractivity contribution in [1.82, 2.24) is 10.2 Å². The molecule has 66 valence electrons. The zero-order chi connectivity index (χ0) is 8.55. The summed E-state index contributed by atoms with van der Waals surface area (Å²) in [5, 5.41) is 16.6. The molecular formula is C8H13N3O. The van der Waals surface area contributed by atoms with Crippen LogP contribution in [0, 0.1) is 0 Å². The Balaban J connectivity index is 2.43. The lowest BCUT2D eigenvalue weighted by Gasteiger charge is -2.17. The summed E-state index contributed by atoms with van der Waals surface area (Å²) in [4.78, 5) is 0. The highest BCUT2D eigenvalue weighted by Gasteiger charge is 2.23. The summed E-state index contributed by atoms with van der Waals surface area (Å²) < 4.78 is 0. The molecule has 4 heteroatoms. The van der Waals surface area contributed by atoms with E-state index in [4.69, 9.17) is 5.73 Å². The Labute approximate surface area is 70.8 Å². The summed E-state index contributed by atoms with van der Waals surface area (Å²) in [5.41, 5.74) is 8.32. The molecule has 0 saturated heterocycles. The molecule has 1 aromatic heterocycles. The number of hydrogen-bond acceptors (Lipinski definition) is 3. The number of aryl methyl sites for hydroxylation is 1. The molecule has 0 saturated carbocycles. The van der Waals surface area contributed by atoms with Crippen molar-refractivity contribution in [3.8, 4) is 0 Å². The molecule has 1 aromatic rings. The summed E-state index contributed by atoms with van der Waals surface area (Å²) in [6.45, 7) is 0.406. The fourth-order valence-electron chi connectivity index (χ4n) is 1.79. The van der Waals surface area contributed by atoms with Gasteiger partial charge in [0.2, 0.25) is 0 Å². The fourth-order valence-corrected chi connectivity index (χ4v) is 1.79. The predicted molar refractivity (Wildman–Crippen MR) is 44.4 cm³/mol. The number of fused-ring (bicyclic) bond motifs is 1. The number of nitrogens with zero attached hydrogens (tertiary/aromatic N) is 1. The van der Waals surface area contributed by atoms with Crippen molar-refractivity contribution in [3.63, 3.8) is 0 Å². The first-order valence-corrected chi connectivity index (χ1v) is 4.27. The van der Waals surface area contributed by atoms with Crippen LogP contribution in [0.2, 0.25) is 0 Å². The molecule has 2 rings (SSSR count). The summed E-state index contributed by atoms with van der Waals surface area (Å²) in [6, 6.07) is 0. The molecule has 1 atom stereocenters. The first-order valence-electron chi connectivity index (χ1n) is 4.27. The Morgan fingerprint density at radius 1 is 1.67 bits per heavy atom. The SMILES string of the molecule is NCc1n[nH]c2c1C(O)CCC2. The van der Waals surface area contributed by atoms with Crippen LogP contribution in [0.5, 0.6) is 0 Å². The molecule has 1 unspecified atom stereocenters. The normalized spacial score (nSPS) is 22.3. The van der Waals surface area contributed by atoms with E-state index >= 15 is 0 Å². The minimum Gasteiger partial charge on any atom is -0.388 e.